The normalized spacial score (nSPS) is 20.7. The molecule has 0 aromatic rings. The number of rotatable bonds is 3. The Bertz CT molecular complexity index is 253. The van der Waals surface area contributed by atoms with Crippen molar-refractivity contribution in [2.75, 3.05) is 13.1 Å². The van der Waals surface area contributed by atoms with Gasteiger partial charge in [0.15, 0.2) is 0 Å². The van der Waals surface area contributed by atoms with Crippen LogP contribution in [0.5, 0.6) is 0 Å². The summed E-state index contributed by atoms with van der Waals surface area (Å²) in [6.45, 7) is 4.58. The second-order valence-electron chi connectivity index (χ2n) is 4.20. The number of urea groups is 1. The molecule has 1 heterocycles. The molecule has 1 fully saturated rings. The molecule has 5 heteroatoms. The van der Waals surface area contributed by atoms with E-state index in [4.69, 9.17) is 5.11 Å². The Labute approximate surface area is 89.4 Å². The van der Waals surface area contributed by atoms with Crippen molar-refractivity contribution < 1.29 is 14.7 Å². The van der Waals surface area contributed by atoms with Gasteiger partial charge in [-0.05, 0) is 18.8 Å². The fourth-order valence-corrected chi connectivity index (χ4v) is 1.99. The summed E-state index contributed by atoms with van der Waals surface area (Å²) in [6.07, 6.45) is 2.02. The predicted molar refractivity (Wildman–Crippen MR) is 55.6 cm³/mol. The molecule has 5 nitrogen and oxygen atoms in total. The molecular weight excluding hydrogens is 196 g/mol. The lowest BCUT2D eigenvalue weighted by molar-refractivity contribution is -0.135. The Hall–Kier alpha value is -1.26. The number of nitrogens with one attached hydrogen (secondary N) is 1. The zero-order valence-electron chi connectivity index (χ0n) is 9.19. The Balaban J connectivity index is 2.47. The van der Waals surface area contributed by atoms with Crippen LogP contribution in [0.2, 0.25) is 0 Å². The van der Waals surface area contributed by atoms with Crippen LogP contribution in [0.4, 0.5) is 4.79 Å². The SMILES string of the molecule is CC(C)C1CCCN1C(=O)NCC(=O)O. The van der Waals surface area contributed by atoms with Crippen molar-refractivity contribution in [3.63, 3.8) is 0 Å². The summed E-state index contributed by atoms with van der Waals surface area (Å²) in [6, 6.07) is -0.00704. The highest BCUT2D eigenvalue weighted by molar-refractivity contribution is 5.80. The lowest BCUT2D eigenvalue weighted by Gasteiger charge is -2.27. The van der Waals surface area contributed by atoms with Gasteiger partial charge in [-0.15, -0.1) is 0 Å². The number of aliphatic carboxylic acids is 1. The summed E-state index contributed by atoms with van der Waals surface area (Å²) >= 11 is 0. The molecule has 86 valence electrons. The average molecular weight is 214 g/mol. The fraction of sp³-hybridized carbons (Fsp3) is 0.800. The van der Waals surface area contributed by atoms with Gasteiger partial charge in [-0.2, -0.15) is 0 Å². The smallest absolute Gasteiger partial charge is 0.323 e. The number of carboxylic acids is 1. The highest BCUT2D eigenvalue weighted by Crippen LogP contribution is 2.23. The summed E-state index contributed by atoms with van der Waals surface area (Å²) in [5, 5.41) is 10.8. The Morgan fingerprint density at radius 1 is 1.53 bits per heavy atom. The van der Waals surface area contributed by atoms with Crippen LogP contribution in [0.25, 0.3) is 0 Å². The van der Waals surface area contributed by atoms with Crippen molar-refractivity contribution in [1.82, 2.24) is 10.2 Å². The third-order valence-electron chi connectivity index (χ3n) is 2.72. The van der Waals surface area contributed by atoms with Gasteiger partial charge in [0.05, 0.1) is 0 Å². The third kappa shape index (κ3) is 3.11. The summed E-state index contributed by atoms with van der Waals surface area (Å²) < 4.78 is 0. The summed E-state index contributed by atoms with van der Waals surface area (Å²) in [5.74, 6) is -0.591. The minimum absolute atomic E-state index is 0.249. The highest BCUT2D eigenvalue weighted by atomic mass is 16.4. The van der Waals surface area contributed by atoms with Crippen molar-refractivity contribution in [1.29, 1.82) is 0 Å². The minimum Gasteiger partial charge on any atom is -0.480 e. The topological polar surface area (TPSA) is 69.6 Å². The molecule has 15 heavy (non-hydrogen) atoms. The number of hydrogen-bond acceptors (Lipinski definition) is 2. The predicted octanol–water partition coefficient (Wildman–Crippen LogP) is 0.901. The van der Waals surface area contributed by atoms with E-state index in [0.717, 1.165) is 19.4 Å². The summed E-state index contributed by atoms with van der Waals surface area (Å²) in [7, 11) is 0. The molecule has 2 N–H and O–H groups in total. The second kappa shape index (κ2) is 5.00. The van der Waals surface area contributed by atoms with E-state index in [1.165, 1.54) is 0 Å². The van der Waals surface area contributed by atoms with Crippen LogP contribution in [0, 0.1) is 5.92 Å². The molecule has 1 saturated heterocycles. The fourth-order valence-electron chi connectivity index (χ4n) is 1.99. The second-order valence-corrected chi connectivity index (χ2v) is 4.20. The van der Waals surface area contributed by atoms with Crippen molar-refractivity contribution in [2.24, 2.45) is 5.92 Å². The average Bonchev–Trinajstić information content (AvgIpc) is 2.62. The van der Waals surface area contributed by atoms with Gasteiger partial charge in [-0.25, -0.2) is 4.79 Å². The maximum atomic E-state index is 11.6. The summed E-state index contributed by atoms with van der Waals surface area (Å²) in [5.41, 5.74) is 0. The van der Waals surface area contributed by atoms with Crippen LogP contribution in [0.15, 0.2) is 0 Å². The molecule has 0 aliphatic carbocycles. The van der Waals surface area contributed by atoms with Crippen molar-refractivity contribution in [3.05, 3.63) is 0 Å². The van der Waals surface area contributed by atoms with Gasteiger partial charge in [0, 0.05) is 12.6 Å². The minimum atomic E-state index is -1.01. The molecule has 1 atom stereocenters. The Morgan fingerprint density at radius 3 is 2.73 bits per heavy atom. The van der Waals surface area contributed by atoms with Crippen LogP contribution < -0.4 is 5.32 Å². The lowest BCUT2D eigenvalue weighted by atomic mass is 10.0. The van der Waals surface area contributed by atoms with E-state index in [1.807, 2.05) is 0 Å². The maximum absolute atomic E-state index is 11.6. The Kier molecular flexibility index (Phi) is 3.94. The monoisotopic (exact) mass is 214 g/mol. The molecule has 1 unspecified atom stereocenters. The van der Waals surface area contributed by atoms with E-state index in [-0.39, 0.29) is 18.6 Å². The third-order valence-corrected chi connectivity index (χ3v) is 2.72. The zero-order chi connectivity index (χ0) is 11.4. The van der Waals surface area contributed by atoms with Crippen molar-refractivity contribution in [2.45, 2.75) is 32.7 Å². The van der Waals surface area contributed by atoms with E-state index < -0.39 is 5.97 Å². The zero-order valence-corrected chi connectivity index (χ0v) is 9.19. The number of hydrogen-bond donors (Lipinski definition) is 2. The van der Waals surface area contributed by atoms with E-state index in [1.54, 1.807) is 4.90 Å². The molecule has 1 aliphatic rings. The van der Waals surface area contributed by atoms with Crippen LogP contribution in [-0.4, -0.2) is 41.1 Å². The highest BCUT2D eigenvalue weighted by Gasteiger charge is 2.30. The lowest BCUT2D eigenvalue weighted by Crippen LogP contribution is -2.46. The van der Waals surface area contributed by atoms with Gasteiger partial charge >= 0.3 is 12.0 Å². The molecule has 0 saturated carbocycles. The van der Waals surface area contributed by atoms with E-state index in [2.05, 4.69) is 19.2 Å². The van der Waals surface area contributed by atoms with E-state index >= 15 is 0 Å². The van der Waals surface area contributed by atoms with Gasteiger partial charge in [-0.3, -0.25) is 4.79 Å². The first-order valence-corrected chi connectivity index (χ1v) is 5.28. The Morgan fingerprint density at radius 2 is 2.20 bits per heavy atom. The van der Waals surface area contributed by atoms with Gasteiger partial charge in [0.2, 0.25) is 0 Å². The number of likely N-dealkylation sites (tertiary alicyclic amines) is 1. The van der Waals surface area contributed by atoms with Gasteiger partial charge < -0.3 is 15.3 Å². The summed E-state index contributed by atoms with van der Waals surface area (Å²) in [4.78, 5) is 23.7. The molecule has 0 bridgehead atoms. The largest absolute Gasteiger partial charge is 0.480 e. The number of amides is 2. The number of carbonyl (C=O) groups excluding carboxylic acids is 1. The quantitative estimate of drug-likeness (QED) is 0.733. The van der Waals surface area contributed by atoms with E-state index in [9.17, 15) is 9.59 Å². The van der Waals surface area contributed by atoms with Crippen molar-refractivity contribution >= 4 is 12.0 Å². The molecular formula is C10H18N2O3. The number of carboxylic acid groups (broad SMARTS) is 1. The molecule has 0 radical (unpaired) electrons. The molecule has 0 spiro atoms. The van der Waals surface area contributed by atoms with Gasteiger partial charge in [0.1, 0.15) is 6.54 Å². The first kappa shape index (κ1) is 11.8. The first-order valence-electron chi connectivity index (χ1n) is 5.28. The van der Waals surface area contributed by atoms with Crippen LogP contribution in [-0.2, 0) is 4.79 Å². The molecule has 1 rings (SSSR count). The van der Waals surface area contributed by atoms with Crippen LogP contribution >= 0.6 is 0 Å². The molecule has 2 amide bonds. The van der Waals surface area contributed by atoms with E-state index in [0.29, 0.717) is 5.92 Å². The van der Waals surface area contributed by atoms with Gasteiger partial charge in [0.25, 0.3) is 0 Å². The standard InChI is InChI=1S/C10H18N2O3/c1-7(2)8-4-3-5-12(8)10(15)11-6-9(13)14/h7-8H,3-6H2,1-2H3,(H,11,15)(H,13,14). The first-order chi connectivity index (χ1) is 7.02. The molecule has 1 aliphatic heterocycles. The number of nitrogens with zero attached hydrogens (tertiary/aromatic N) is 1. The number of carbonyl (C=O) groups is 2. The maximum Gasteiger partial charge on any atom is 0.323 e. The van der Waals surface area contributed by atoms with Crippen LogP contribution in [0.3, 0.4) is 0 Å². The molecule has 0 aromatic carbocycles. The van der Waals surface area contributed by atoms with Gasteiger partial charge in [-0.1, -0.05) is 13.8 Å². The van der Waals surface area contributed by atoms with Crippen molar-refractivity contribution in [3.8, 4) is 0 Å². The molecule has 0 aromatic heterocycles. The van der Waals surface area contributed by atoms with Crippen LogP contribution in [0.1, 0.15) is 26.7 Å².